The van der Waals surface area contributed by atoms with Gasteiger partial charge in [0.25, 0.3) is 5.91 Å². The van der Waals surface area contributed by atoms with Crippen molar-refractivity contribution in [1.82, 2.24) is 0 Å². The molecule has 0 aromatic rings. The van der Waals surface area contributed by atoms with E-state index < -0.39 is 11.7 Å². The van der Waals surface area contributed by atoms with Gasteiger partial charge in [-0.1, -0.05) is 51.9 Å². The summed E-state index contributed by atoms with van der Waals surface area (Å²) in [5.74, 6) is -2.24. The summed E-state index contributed by atoms with van der Waals surface area (Å²) in [6, 6.07) is 0. The number of hydrogen-bond acceptors (Lipinski definition) is 5. The van der Waals surface area contributed by atoms with Crippen molar-refractivity contribution in [1.29, 1.82) is 0 Å². The molecule has 0 atom stereocenters. The third-order valence-corrected chi connectivity index (χ3v) is 3.59. The Kier molecular flexibility index (Phi) is 13.5. The van der Waals surface area contributed by atoms with Crippen LogP contribution in [-0.2, 0) is 14.3 Å². The maximum absolute atomic E-state index is 11.7. The van der Waals surface area contributed by atoms with Gasteiger partial charge in [0.15, 0.2) is 0 Å². The van der Waals surface area contributed by atoms with Gasteiger partial charge < -0.3 is 25.4 Å². The van der Waals surface area contributed by atoms with Crippen molar-refractivity contribution in [3.05, 3.63) is 0 Å². The third-order valence-electron chi connectivity index (χ3n) is 3.59. The first-order valence-corrected chi connectivity index (χ1v) is 8.42. The highest BCUT2D eigenvalue weighted by Crippen LogP contribution is 2.22. The van der Waals surface area contributed by atoms with Gasteiger partial charge >= 0.3 is 0 Å². The molecule has 0 rings (SSSR count). The molecule has 4 N–H and O–H groups in total. The topological polar surface area (TPSA) is 102 Å². The largest absolute Gasteiger partial charge is 0.394 e. The Balaban J connectivity index is 4.13. The first kappa shape index (κ1) is 21.3. The minimum Gasteiger partial charge on any atom is -0.394 e. The molecular formula is C16H33NO5. The molecule has 0 aliphatic heterocycles. The number of ether oxygens (including phenoxy) is 2. The molecule has 0 bridgehead atoms. The fourth-order valence-corrected chi connectivity index (χ4v) is 2.36. The van der Waals surface area contributed by atoms with Crippen molar-refractivity contribution in [2.45, 2.75) is 70.5 Å². The van der Waals surface area contributed by atoms with Gasteiger partial charge in [-0.15, -0.1) is 0 Å². The molecule has 0 aromatic carbocycles. The van der Waals surface area contributed by atoms with E-state index >= 15 is 0 Å². The zero-order chi connectivity index (χ0) is 16.7. The number of nitrogens with two attached hydrogens (primary N) is 1. The number of rotatable bonds is 16. The van der Waals surface area contributed by atoms with E-state index in [-0.39, 0.29) is 26.4 Å². The maximum Gasteiger partial charge on any atom is 0.277 e. The lowest BCUT2D eigenvalue weighted by molar-refractivity contribution is -0.236. The first-order chi connectivity index (χ1) is 10.6. The van der Waals surface area contributed by atoms with Gasteiger partial charge in [-0.05, 0) is 6.42 Å². The molecule has 1 amide bonds. The number of hydrogen-bond donors (Lipinski definition) is 3. The second-order valence-corrected chi connectivity index (χ2v) is 5.49. The summed E-state index contributed by atoms with van der Waals surface area (Å²) in [7, 11) is 0. The van der Waals surface area contributed by atoms with Crippen LogP contribution in [-0.4, -0.2) is 48.3 Å². The van der Waals surface area contributed by atoms with Crippen LogP contribution in [0.2, 0.25) is 0 Å². The van der Waals surface area contributed by atoms with E-state index in [1.165, 1.54) is 32.1 Å². The first-order valence-electron chi connectivity index (χ1n) is 8.42. The van der Waals surface area contributed by atoms with Gasteiger partial charge in [0, 0.05) is 6.42 Å². The fourth-order valence-electron chi connectivity index (χ4n) is 2.36. The van der Waals surface area contributed by atoms with Gasteiger partial charge in [0.05, 0.1) is 26.4 Å². The van der Waals surface area contributed by atoms with Crippen LogP contribution in [0, 0.1) is 0 Å². The summed E-state index contributed by atoms with van der Waals surface area (Å²) in [5.41, 5.74) is 5.40. The normalized spacial score (nSPS) is 11.8. The molecule has 0 saturated carbocycles. The zero-order valence-electron chi connectivity index (χ0n) is 13.9. The quantitative estimate of drug-likeness (QED) is 0.297. The van der Waals surface area contributed by atoms with Crippen molar-refractivity contribution in [3.63, 3.8) is 0 Å². The minimum atomic E-state index is -1.53. The Morgan fingerprint density at radius 1 is 0.909 bits per heavy atom. The van der Waals surface area contributed by atoms with Crippen LogP contribution in [0.25, 0.3) is 0 Å². The van der Waals surface area contributed by atoms with Crippen LogP contribution in [0.5, 0.6) is 0 Å². The van der Waals surface area contributed by atoms with Crippen LogP contribution in [0.3, 0.4) is 0 Å². The van der Waals surface area contributed by atoms with Gasteiger partial charge in [-0.3, -0.25) is 4.79 Å². The predicted octanol–water partition coefficient (Wildman–Crippen LogP) is 1.72. The number of carbonyl (C=O) groups is 1. The van der Waals surface area contributed by atoms with Crippen molar-refractivity contribution < 1.29 is 24.5 Å². The Morgan fingerprint density at radius 2 is 1.36 bits per heavy atom. The van der Waals surface area contributed by atoms with Gasteiger partial charge in [0.1, 0.15) is 0 Å². The molecular weight excluding hydrogens is 286 g/mol. The zero-order valence-corrected chi connectivity index (χ0v) is 13.9. The summed E-state index contributed by atoms with van der Waals surface area (Å²) >= 11 is 0. The van der Waals surface area contributed by atoms with Crippen LogP contribution >= 0.6 is 0 Å². The van der Waals surface area contributed by atoms with Crippen LogP contribution in [0.1, 0.15) is 64.7 Å². The average molecular weight is 319 g/mol. The molecule has 0 unspecified atom stereocenters. The van der Waals surface area contributed by atoms with Crippen molar-refractivity contribution in [2.24, 2.45) is 5.73 Å². The molecule has 6 heteroatoms. The van der Waals surface area contributed by atoms with Gasteiger partial charge in [-0.25, -0.2) is 0 Å². The monoisotopic (exact) mass is 319 g/mol. The number of unbranched alkanes of at least 4 members (excludes halogenated alkanes) is 7. The van der Waals surface area contributed by atoms with Gasteiger partial charge in [0.2, 0.25) is 5.79 Å². The van der Waals surface area contributed by atoms with Crippen molar-refractivity contribution in [2.75, 3.05) is 26.4 Å². The highest BCUT2D eigenvalue weighted by Gasteiger charge is 2.38. The van der Waals surface area contributed by atoms with E-state index in [1.807, 2.05) is 0 Å². The third kappa shape index (κ3) is 9.35. The standard InChI is InChI=1S/C16H33NO5/c1-2-3-4-5-6-7-8-9-10-16(15(17)20,21-13-11-18)22-14-12-19/h18-19H,2-14H2,1H3,(H2,17,20). The highest BCUT2D eigenvalue weighted by atomic mass is 16.7. The van der Waals surface area contributed by atoms with E-state index in [0.717, 1.165) is 19.3 Å². The molecule has 0 heterocycles. The summed E-state index contributed by atoms with van der Waals surface area (Å²) in [5, 5.41) is 17.7. The molecule has 0 radical (unpaired) electrons. The summed E-state index contributed by atoms with van der Waals surface area (Å²) in [4.78, 5) is 11.7. The van der Waals surface area contributed by atoms with E-state index in [2.05, 4.69) is 6.92 Å². The molecule has 0 fully saturated rings. The maximum atomic E-state index is 11.7. The Bertz CT molecular complexity index is 265. The number of primary amides is 1. The molecule has 0 aromatic heterocycles. The summed E-state index contributed by atoms with van der Waals surface area (Å²) in [6.45, 7) is 1.73. The minimum absolute atomic E-state index is 0.0224. The molecule has 6 nitrogen and oxygen atoms in total. The Labute approximate surface area is 134 Å². The number of aliphatic hydroxyl groups is 2. The van der Waals surface area contributed by atoms with Crippen molar-refractivity contribution >= 4 is 5.91 Å². The van der Waals surface area contributed by atoms with E-state index in [0.29, 0.717) is 6.42 Å². The van der Waals surface area contributed by atoms with Gasteiger partial charge in [-0.2, -0.15) is 0 Å². The summed E-state index contributed by atoms with van der Waals surface area (Å²) in [6.07, 6.45) is 9.44. The number of amides is 1. The van der Waals surface area contributed by atoms with E-state index in [1.54, 1.807) is 0 Å². The lowest BCUT2D eigenvalue weighted by Crippen LogP contribution is -2.49. The number of carbonyl (C=O) groups excluding carboxylic acids is 1. The highest BCUT2D eigenvalue weighted by molar-refractivity contribution is 5.81. The number of aliphatic hydroxyl groups excluding tert-OH is 2. The Hall–Kier alpha value is -0.690. The Morgan fingerprint density at radius 3 is 1.77 bits per heavy atom. The second kappa shape index (κ2) is 13.9. The lowest BCUT2D eigenvalue weighted by Gasteiger charge is -2.30. The van der Waals surface area contributed by atoms with Crippen LogP contribution in [0.4, 0.5) is 0 Å². The molecule has 0 spiro atoms. The van der Waals surface area contributed by atoms with Crippen LogP contribution in [0.15, 0.2) is 0 Å². The smallest absolute Gasteiger partial charge is 0.277 e. The summed E-state index contributed by atoms with van der Waals surface area (Å²) < 4.78 is 10.7. The van der Waals surface area contributed by atoms with E-state index in [4.69, 9.17) is 25.4 Å². The molecule has 0 aliphatic carbocycles. The average Bonchev–Trinajstić information content (AvgIpc) is 2.51. The SMILES string of the molecule is CCCCCCCCCCC(OCCO)(OCCO)C(N)=O. The lowest BCUT2D eigenvalue weighted by atomic mass is 10.0. The molecule has 0 aliphatic rings. The predicted molar refractivity (Wildman–Crippen MR) is 85.2 cm³/mol. The van der Waals surface area contributed by atoms with Crippen molar-refractivity contribution in [3.8, 4) is 0 Å². The molecule has 22 heavy (non-hydrogen) atoms. The fraction of sp³-hybridized carbons (Fsp3) is 0.938. The van der Waals surface area contributed by atoms with E-state index in [9.17, 15) is 4.79 Å². The van der Waals surface area contributed by atoms with Crippen LogP contribution < -0.4 is 5.73 Å². The second-order valence-electron chi connectivity index (χ2n) is 5.49. The molecule has 0 saturated heterocycles. The molecule has 132 valence electrons.